The molecule has 0 bridgehead atoms. The van der Waals surface area contributed by atoms with Crippen molar-refractivity contribution in [2.24, 2.45) is 11.8 Å². The molecule has 2 amide bonds. The lowest BCUT2D eigenvalue weighted by Crippen LogP contribution is -2.49. The van der Waals surface area contributed by atoms with Crippen LogP contribution in [0.15, 0.2) is 0 Å². The molecule has 0 aliphatic carbocycles. The summed E-state index contributed by atoms with van der Waals surface area (Å²) in [5.41, 5.74) is 0. The van der Waals surface area contributed by atoms with Gasteiger partial charge in [-0.15, -0.1) is 0 Å². The van der Waals surface area contributed by atoms with Crippen molar-refractivity contribution in [3.8, 4) is 0 Å². The summed E-state index contributed by atoms with van der Waals surface area (Å²) < 4.78 is 0. The number of carbonyl (C=O) groups is 3. The number of aliphatic hydroxyl groups is 1. The monoisotopic (exact) mass is 693 g/mol. The summed E-state index contributed by atoms with van der Waals surface area (Å²) >= 11 is 0. The Kier molecular flexibility index (Phi) is 35.3. The van der Waals surface area contributed by atoms with Gasteiger partial charge in [0.15, 0.2) is 0 Å². The number of Topliss-reactive ketones (excluding diaryl/α,β-unsaturated/α-hetero) is 1. The van der Waals surface area contributed by atoms with Crippen LogP contribution < -0.4 is 10.6 Å². The molecule has 0 aromatic heterocycles. The molecule has 2 atom stereocenters. The third kappa shape index (κ3) is 30.0. The van der Waals surface area contributed by atoms with Crippen LogP contribution in [0.3, 0.4) is 0 Å². The van der Waals surface area contributed by atoms with Crippen molar-refractivity contribution in [1.29, 1.82) is 0 Å². The Bertz CT molecular complexity index is 752. The fraction of sp³-hybridized carbons (Fsp3) is 0.930. The highest BCUT2D eigenvalue weighted by Crippen LogP contribution is 2.21. The quantitative estimate of drug-likeness (QED) is 0.0443. The number of unbranched alkanes of at least 4 members (excludes halogenated alkanes) is 24. The van der Waals surface area contributed by atoms with Gasteiger partial charge in [0.2, 0.25) is 11.8 Å². The van der Waals surface area contributed by atoms with Crippen LogP contribution in [0.1, 0.15) is 233 Å². The summed E-state index contributed by atoms with van der Waals surface area (Å²) in [6.45, 7) is 8.72. The largest absolute Gasteiger partial charge is 0.373 e. The number of hydrogen-bond acceptors (Lipinski definition) is 4. The smallest absolute Gasteiger partial charge is 0.221 e. The zero-order valence-corrected chi connectivity index (χ0v) is 33.2. The third-order valence-electron chi connectivity index (χ3n) is 10.3. The normalized spacial score (nSPS) is 12.7. The van der Waals surface area contributed by atoms with Gasteiger partial charge in [-0.1, -0.05) is 195 Å². The number of amides is 2. The molecule has 0 aromatic carbocycles. The van der Waals surface area contributed by atoms with Gasteiger partial charge in [-0.3, -0.25) is 14.4 Å². The van der Waals surface area contributed by atoms with E-state index in [1.807, 2.05) is 0 Å². The predicted molar refractivity (Wildman–Crippen MR) is 210 cm³/mol. The molecule has 49 heavy (non-hydrogen) atoms. The van der Waals surface area contributed by atoms with E-state index in [2.05, 4.69) is 38.3 Å². The van der Waals surface area contributed by atoms with Crippen molar-refractivity contribution in [3.05, 3.63) is 0 Å². The van der Waals surface area contributed by atoms with Crippen LogP contribution in [-0.4, -0.2) is 35.5 Å². The molecular formula is C43H84N2O4. The van der Waals surface area contributed by atoms with Gasteiger partial charge in [0.05, 0.1) is 5.92 Å². The standard InChI is InChI=1S/C43H84N2O4/c1-5-9-11-13-15-17-19-21-23-25-27-29-31-35-40(46)44-37-39(42(48)38(33-7-3)34-8-4)43(49)45-41(47)36-32-30-28-26-24-22-20-18-16-14-12-10-6-2/h38-39,43,49H,5-37H2,1-4H3,(H,44,46)(H,45,47). The first kappa shape index (κ1) is 47.6. The number of carbonyl (C=O) groups excluding carboxylic acids is 3. The summed E-state index contributed by atoms with van der Waals surface area (Å²) in [6.07, 6.45) is 35.4. The molecule has 0 aliphatic heterocycles. The van der Waals surface area contributed by atoms with E-state index in [0.717, 1.165) is 64.2 Å². The highest BCUT2D eigenvalue weighted by Gasteiger charge is 2.32. The van der Waals surface area contributed by atoms with Crippen molar-refractivity contribution in [3.63, 3.8) is 0 Å². The lowest BCUT2D eigenvalue weighted by atomic mass is 9.85. The first-order chi connectivity index (χ1) is 23.9. The Balaban J connectivity index is 4.40. The predicted octanol–water partition coefficient (Wildman–Crippen LogP) is 11.9. The van der Waals surface area contributed by atoms with Gasteiger partial charge in [0.25, 0.3) is 0 Å². The van der Waals surface area contributed by atoms with Crippen LogP contribution in [0, 0.1) is 11.8 Å². The molecular weight excluding hydrogens is 608 g/mol. The van der Waals surface area contributed by atoms with Crippen LogP contribution >= 0.6 is 0 Å². The molecule has 0 aliphatic rings. The van der Waals surface area contributed by atoms with E-state index >= 15 is 0 Å². The molecule has 0 saturated heterocycles. The third-order valence-corrected chi connectivity index (χ3v) is 10.3. The van der Waals surface area contributed by atoms with Crippen LogP contribution in [0.2, 0.25) is 0 Å². The van der Waals surface area contributed by atoms with E-state index in [4.69, 9.17) is 0 Å². The van der Waals surface area contributed by atoms with Gasteiger partial charge in [0, 0.05) is 25.3 Å². The minimum Gasteiger partial charge on any atom is -0.373 e. The first-order valence-electron chi connectivity index (χ1n) is 21.7. The van der Waals surface area contributed by atoms with Gasteiger partial charge in [-0.2, -0.15) is 0 Å². The number of hydrogen-bond donors (Lipinski definition) is 3. The number of nitrogens with one attached hydrogen (secondary N) is 2. The van der Waals surface area contributed by atoms with Crippen molar-refractivity contribution < 1.29 is 19.5 Å². The Labute approximate surface area is 304 Å². The molecule has 0 fully saturated rings. The Hall–Kier alpha value is -1.43. The molecule has 0 saturated carbocycles. The second kappa shape index (κ2) is 36.4. The topological polar surface area (TPSA) is 95.5 Å². The van der Waals surface area contributed by atoms with Gasteiger partial charge in [-0.05, 0) is 25.7 Å². The van der Waals surface area contributed by atoms with Gasteiger partial charge >= 0.3 is 0 Å². The molecule has 0 rings (SSSR count). The fourth-order valence-electron chi connectivity index (χ4n) is 7.05. The maximum atomic E-state index is 13.6. The lowest BCUT2D eigenvalue weighted by molar-refractivity contribution is -0.134. The molecule has 3 N–H and O–H groups in total. The molecule has 0 radical (unpaired) electrons. The second-order valence-corrected chi connectivity index (χ2v) is 15.1. The number of ketones is 1. The average molecular weight is 693 g/mol. The summed E-state index contributed by atoms with van der Waals surface area (Å²) in [7, 11) is 0. The average Bonchev–Trinajstić information content (AvgIpc) is 3.08. The van der Waals surface area contributed by atoms with Crippen molar-refractivity contribution in [2.75, 3.05) is 6.54 Å². The number of aliphatic hydroxyl groups excluding tert-OH is 1. The van der Waals surface area contributed by atoms with E-state index in [-0.39, 0.29) is 30.1 Å². The Morgan fingerprint density at radius 1 is 0.449 bits per heavy atom. The molecule has 0 spiro atoms. The van der Waals surface area contributed by atoms with E-state index in [9.17, 15) is 19.5 Å². The molecule has 290 valence electrons. The number of rotatable bonds is 38. The van der Waals surface area contributed by atoms with E-state index < -0.39 is 12.1 Å². The maximum Gasteiger partial charge on any atom is 0.221 e. The summed E-state index contributed by atoms with van der Waals surface area (Å²) in [5.74, 6) is -1.32. The van der Waals surface area contributed by atoms with Crippen LogP contribution in [-0.2, 0) is 14.4 Å². The van der Waals surface area contributed by atoms with Gasteiger partial charge in [0.1, 0.15) is 12.0 Å². The van der Waals surface area contributed by atoms with Crippen molar-refractivity contribution in [1.82, 2.24) is 10.6 Å². The molecule has 6 nitrogen and oxygen atoms in total. The van der Waals surface area contributed by atoms with Crippen LogP contribution in [0.25, 0.3) is 0 Å². The van der Waals surface area contributed by atoms with Crippen molar-refractivity contribution in [2.45, 2.75) is 239 Å². The molecule has 2 unspecified atom stereocenters. The summed E-state index contributed by atoms with van der Waals surface area (Å²) in [5, 5.41) is 16.7. The molecule has 6 heteroatoms. The van der Waals surface area contributed by atoms with E-state index in [0.29, 0.717) is 12.8 Å². The van der Waals surface area contributed by atoms with Crippen LogP contribution in [0.5, 0.6) is 0 Å². The zero-order valence-electron chi connectivity index (χ0n) is 33.2. The summed E-state index contributed by atoms with van der Waals surface area (Å²) in [4.78, 5) is 39.0. The Morgan fingerprint density at radius 2 is 0.776 bits per heavy atom. The molecule has 0 aromatic rings. The van der Waals surface area contributed by atoms with E-state index in [1.165, 1.54) is 128 Å². The highest BCUT2D eigenvalue weighted by atomic mass is 16.3. The minimum atomic E-state index is -1.28. The minimum absolute atomic E-state index is 0.0429. The SMILES string of the molecule is CCCCCCCCCCCCCCCC(=O)NCC(C(=O)C(CCC)CCC)C(O)NC(=O)CCCCCCCCCCCCCCC. The fourth-order valence-corrected chi connectivity index (χ4v) is 7.05. The van der Waals surface area contributed by atoms with Crippen LogP contribution in [0.4, 0.5) is 0 Å². The summed E-state index contributed by atoms with van der Waals surface area (Å²) in [6, 6.07) is 0. The van der Waals surface area contributed by atoms with Crippen molar-refractivity contribution >= 4 is 17.6 Å². The molecule has 0 heterocycles. The Morgan fingerprint density at radius 3 is 1.12 bits per heavy atom. The van der Waals surface area contributed by atoms with E-state index in [1.54, 1.807) is 0 Å². The van der Waals surface area contributed by atoms with Gasteiger partial charge in [-0.25, -0.2) is 0 Å². The second-order valence-electron chi connectivity index (χ2n) is 15.1. The van der Waals surface area contributed by atoms with Gasteiger partial charge < -0.3 is 15.7 Å². The lowest BCUT2D eigenvalue weighted by Gasteiger charge is -2.27. The zero-order chi connectivity index (χ0) is 36.2. The first-order valence-corrected chi connectivity index (χ1v) is 21.7. The highest BCUT2D eigenvalue weighted by molar-refractivity contribution is 5.86. The maximum absolute atomic E-state index is 13.6.